The molecule has 1 rings (SSSR count). The Bertz CT molecular complexity index is 353. The Hall–Kier alpha value is -0.0231. The number of likely N-dealkylation sites (N-methyl/N-ethyl adjacent to an activating group) is 1. The van der Waals surface area contributed by atoms with Crippen molar-refractivity contribution in [3.63, 3.8) is 0 Å². The van der Waals surface area contributed by atoms with Crippen molar-refractivity contribution in [2.75, 3.05) is 80.2 Å². The standard InChI is InChI=1S/C21H47N3O3Si/c1-6-22(7-2)15-16-24-19-17-23(18-20-24)14-12-10-8-9-11-13-21-28(25-3,26-4)27-5/h6-21H2,1-5H3. The summed E-state index contributed by atoms with van der Waals surface area (Å²) in [4.78, 5) is 7.82. The van der Waals surface area contributed by atoms with Crippen LogP contribution in [0.2, 0.25) is 6.04 Å². The summed E-state index contributed by atoms with van der Waals surface area (Å²) in [6, 6.07) is 0.926. The highest BCUT2D eigenvalue weighted by molar-refractivity contribution is 6.60. The third-order valence-electron chi connectivity index (χ3n) is 6.23. The molecule has 0 aromatic rings. The van der Waals surface area contributed by atoms with Crippen LogP contribution in [-0.4, -0.2) is 104 Å². The molecular weight excluding hydrogens is 370 g/mol. The van der Waals surface area contributed by atoms with Crippen LogP contribution < -0.4 is 0 Å². The summed E-state index contributed by atoms with van der Waals surface area (Å²) in [5, 5.41) is 0. The van der Waals surface area contributed by atoms with Gasteiger partial charge in [-0.2, -0.15) is 0 Å². The van der Waals surface area contributed by atoms with E-state index in [1.54, 1.807) is 21.3 Å². The third kappa shape index (κ3) is 10.1. The molecule has 0 spiro atoms. The second-order valence-corrected chi connectivity index (χ2v) is 11.0. The molecule has 0 bridgehead atoms. The summed E-state index contributed by atoms with van der Waals surface area (Å²) >= 11 is 0. The van der Waals surface area contributed by atoms with Gasteiger partial charge in [0.15, 0.2) is 0 Å². The van der Waals surface area contributed by atoms with Crippen molar-refractivity contribution >= 4 is 8.80 Å². The zero-order valence-electron chi connectivity index (χ0n) is 19.4. The van der Waals surface area contributed by atoms with E-state index in [9.17, 15) is 0 Å². The molecule has 1 aliphatic heterocycles. The van der Waals surface area contributed by atoms with Crippen LogP contribution in [0.25, 0.3) is 0 Å². The minimum Gasteiger partial charge on any atom is -0.377 e. The maximum Gasteiger partial charge on any atom is 0.500 e. The van der Waals surface area contributed by atoms with Crippen LogP contribution in [0.4, 0.5) is 0 Å². The van der Waals surface area contributed by atoms with Gasteiger partial charge in [-0.15, -0.1) is 0 Å². The normalized spacial score (nSPS) is 16.9. The summed E-state index contributed by atoms with van der Waals surface area (Å²) in [6.07, 6.45) is 7.72. The lowest BCUT2D eigenvalue weighted by Crippen LogP contribution is -2.48. The van der Waals surface area contributed by atoms with Gasteiger partial charge in [0.05, 0.1) is 0 Å². The largest absolute Gasteiger partial charge is 0.500 e. The molecule has 1 heterocycles. The fraction of sp³-hybridized carbons (Fsp3) is 1.00. The average molecular weight is 418 g/mol. The van der Waals surface area contributed by atoms with E-state index in [0.29, 0.717) is 0 Å². The van der Waals surface area contributed by atoms with Crippen LogP contribution >= 0.6 is 0 Å². The Morgan fingerprint density at radius 2 is 1.14 bits per heavy atom. The van der Waals surface area contributed by atoms with Gasteiger partial charge in [0.25, 0.3) is 0 Å². The van der Waals surface area contributed by atoms with E-state index in [1.165, 1.54) is 91.0 Å². The molecule has 0 aromatic heterocycles. The molecule has 1 saturated heterocycles. The third-order valence-corrected chi connectivity index (χ3v) is 9.06. The van der Waals surface area contributed by atoms with Crippen LogP contribution in [0.15, 0.2) is 0 Å². The Kier molecular flexibility index (Phi) is 14.6. The molecule has 0 saturated carbocycles. The van der Waals surface area contributed by atoms with Crippen LogP contribution in [0, 0.1) is 0 Å². The average Bonchev–Trinajstić information content (AvgIpc) is 2.75. The molecule has 0 radical (unpaired) electrons. The Morgan fingerprint density at radius 3 is 1.64 bits per heavy atom. The van der Waals surface area contributed by atoms with Crippen LogP contribution in [0.3, 0.4) is 0 Å². The topological polar surface area (TPSA) is 37.4 Å². The van der Waals surface area contributed by atoms with Crippen LogP contribution in [0.1, 0.15) is 52.4 Å². The Morgan fingerprint density at radius 1 is 0.679 bits per heavy atom. The minimum atomic E-state index is -2.35. The van der Waals surface area contributed by atoms with Gasteiger partial charge in [-0.05, 0) is 32.5 Å². The molecule has 0 aromatic carbocycles. The predicted molar refractivity (Wildman–Crippen MR) is 120 cm³/mol. The summed E-state index contributed by atoms with van der Waals surface area (Å²) in [5.74, 6) is 0. The highest BCUT2D eigenvalue weighted by atomic mass is 28.4. The second kappa shape index (κ2) is 15.8. The molecule has 0 unspecified atom stereocenters. The fourth-order valence-electron chi connectivity index (χ4n) is 4.00. The highest BCUT2D eigenvalue weighted by Crippen LogP contribution is 2.18. The predicted octanol–water partition coefficient (Wildman–Crippen LogP) is 3.16. The van der Waals surface area contributed by atoms with Crippen molar-refractivity contribution in [2.45, 2.75) is 58.4 Å². The molecule has 0 N–H and O–H groups in total. The number of hydrogen-bond donors (Lipinski definition) is 0. The first-order valence-electron chi connectivity index (χ1n) is 11.5. The molecule has 168 valence electrons. The molecule has 0 atom stereocenters. The Balaban J connectivity index is 1.98. The number of unbranched alkanes of at least 4 members (excludes halogenated alkanes) is 5. The molecule has 0 aliphatic carbocycles. The first-order valence-corrected chi connectivity index (χ1v) is 13.4. The van der Waals surface area contributed by atoms with Crippen LogP contribution in [0.5, 0.6) is 0 Å². The quantitative estimate of drug-likeness (QED) is 0.267. The summed E-state index contributed by atoms with van der Waals surface area (Å²) in [6.45, 7) is 15.6. The van der Waals surface area contributed by atoms with Crippen molar-refractivity contribution in [1.82, 2.24) is 14.7 Å². The van der Waals surface area contributed by atoms with Gasteiger partial charge in [-0.3, -0.25) is 4.90 Å². The van der Waals surface area contributed by atoms with E-state index in [-0.39, 0.29) is 0 Å². The molecule has 7 heteroatoms. The minimum absolute atomic E-state index is 0.926. The number of piperazine rings is 1. The molecule has 6 nitrogen and oxygen atoms in total. The summed E-state index contributed by atoms with van der Waals surface area (Å²) in [7, 11) is 2.74. The van der Waals surface area contributed by atoms with E-state index < -0.39 is 8.80 Å². The lowest BCUT2D eigenvalue weighted by atomic mass is 10.1. The summed E-state index contributed by atoms with van der Waals surface area (Å²) < 4.78 is 16.4. The van der Waals surface area contributed by atoms with Crippen molar-refractivity contribution < 1.29 is 13.3 Å². The van der Waals surface area contributed by atoms with Gasteiger partial charge >= 0.3 is 8.80 Å². The van der Waals surface area contributed by atoms with Crippen molar-refractivity contribution in [1.29, 1.82) is 0 Å². The van der Waals surface area contributed by atoms with E-state index in [1.807, 2.05) is 0 Å². The highest BCUT2D eigenvalue weighted by Gasteiger charge is 2.36. The van der Waals surface area contributed by atoms with Crippen molar-refractivity contribution in [2.24, 2.45) is 0 Å². The van der Waals surface area contributed by atoms with E-state index in [0.717, 1.165) is 12.5 Å². The second-order valence-electron chi connectivity index (χ2n) is 7.88. The van der Waals surface area contributed by atoms with Gasteiger partial charge in [0.2, 0.25) is 0 Å². The lowest BCUT2D eigenvalue weighted by Gasteiger charge is -2.35. The van der Waals surface area contributed by atoms with Crippen molar-refractivity contribution in [3.05, 3.63) is 0 Å². The molecule has 28 heavy (non-hydrogen) atoms. The molecular formula is C21H47N3O3Si. The maximum atomic E-state index is 5.48. The van der Waals surface area contributed by atoms with Gasteiger partial charge in [-0.25, -0.2) is 0 Å². The van der Waals surface area contributed by atoms with E-state index in [4.69, 9.17) is 13.3 Å². The van der Waals surface area contributed by atoms with Crippen molar-refractivity contribution in [3.8, 4) is 0 Å². The smallest absolute Gasteiger partial charge is 0.377 e. The number of hydrogen-bond acceptors (Lipinski definition) is 6. The molecule has 1 fully saturated rings. The first-order chi connectivity index (χ1) is 13.6. The summed E-state index contributed by atoms with van der Waals surface area (Å²) in [5.41, 5.74) is 0. The van der Waals surface area contributed by atoms with Gasteiger partial charge in [0.1, 0.15) is 0 Å². The zero-order chi connectivity index (χ0) is 20.7. The fourth-order valence-corrected chi connectivity index (χ4v) is 5.79. The number of nitrogens with zero attached hydrogens (tertiary/aromatic N) is 3. The molecule has 0 amide bonds. The van der Waals surface area contributed by atoms with Gasteiger partial charge < -0.3 is 23.1 Å². The van der Waals surface area contributed by atoms with Gasteiger partial charge in [-0.1, -0.05) is 39.5 Å². The first kappa shape index (κ1) is 26.0. The Labute approximate surface area is 175 Å². The lowest BCUT2D eigenvalue weighted by molar-refractivity contribution is 0.119. The SMILES string of the molecule is CCN(CC)CCN1CCN(CCCCCCCC[Si](OC)(OC)OC)CC1. The van der Waals surface area contributed by atoms with Gasteiger partial charge in [0, 0.05) is 66.6 Å². The maximum absolute atomic E-state index is 5.48. The zero-order valence-corrected chi connectivity index (χ0v) is 20.4. The van der Waals surface area contributed by atoms with E-state index >= 15 is 0 Å². The monoisotopic (exact) mass is 417 g/mol. The van der Waals surface area contributed by atoms with Crippen LogP contribution in [-0.2, 0) is 13.3 Å². The molecule has 1 aliphatic rings. The number of rotatable bonds is 17. The van der Waals surface area contributed by atoms with E-state index in [2.05, 4.69) is 28.5 Å².